The molecule has 1 aliphatic rings. The molecule has 0 aliphatic carbocycles. The molecule has 0 spiro atoms. The second-order valence-corrected chi connectivity index (χ2v) is 23.3. The maximum Gasteiger partial charge on any atom is 0.312 e. The van der Waals surface area contributed by atoms with Gasteiger partial charge < -0.3 is 49.1 Å². The van der Waals surface area contributed by atoms with Crippen molar-refractivity contribution in [1.29, 1.82) is 0 Å². The van der Waals surface area contributed by atoms with Crippen molar-refractivity contribution in [3.8, 4) is 28.1 Å². The molecule has 0 unspecified atom stereocenters. The number of rotatable bonds is 30. The number of nitrogens with zero attached hydrogens (tertiary/aromatic N) is 4. The molecule has 2 atom stereocenters. The summed E-state index contributed by atoms with van der Waals surface area (Å²) in [6.07, 6.45) is 0.429. The first-order chi connectivity index (χ1) is 42.2. The lowest BCUT2D eigenvalue weighted by atomic mass is 9.89. The summed E-state index contributed by atoms with van der Waals surface area (Å²) in [5.41, 5.74) is 19.9. The highest BCUT2D eigenvalue weighted by atomic mass is 79.9. The zero-order valence-electron chi connectivity index (χ0n) is 50.7. The van der Waals surface area contributed by atoms with E-state index in [0.717, 1.165) is 38.2 Å². The van der Waals surface area contributed by atoms with Crippen LogP contribution in [-0.4, -0.2) is 114 Å². The number of imide groups is 1. The van der Waals surface area contributed by atoms with Crippen molar-refractivity contribution in [3.05, 3.63) is 182 Å². The van der Waals surface area contributed by atoms with E-state index in [0.29, 0.717) is 41.2 Å². The van der Waals surface area contributed by atoms with E-state index in [9.17, 15) is 38.4 Å². The van der Waals surface area contributed by atoms with E-state index in [1.54, 1.807) is 29.9 Å². The van der Waals surface area contributed by atoms with Crippen molar-refractivity contribution in [2.75, 3.05) is 63.8 Å². The standard InChI is InChI=1S/C66H71Br2N9O11.CH3/c1-40(2)59(73-53(79)28-31-86-33-35-88-36-34-87-32-30-75-64(83)56(67)57(68)65(75)84)52(78)38-47(15-12-29-71-66(70)85)62(81)72-48-24-20-43(21-25-48)39-76-42(4)19-22-45-37-46(23-27-51(45)76)54-41(3)18-26-50(58(54)69)61(80)55-60(44-13-8-6-9-14-44)74(5)77(63(55)82)49-16-10-7-11-17-49;/h6-11,13-14,16-27,37,40,47,59H,12,15,28-36,38-39H2,1-5H3,(H6-,69,70,71,72,73,79,80,81,85);1H3/q;-1/p+1/t47-,59+;/m1./s1. The summed E-state index contributed by atoms with van der Waals surface area (Å²) >= 11 is 6.18. The average Bonchev–Trinajstić information content (AvgIpc) is 1.81. The van der Waals surface area contributed by atoms with E-state index in [2.05, 4.69) is 52.4 Å². The molecular formula is C67H75Br2N9O11. The molecule has 6 amide bonds. The van der Waals surface area contributed by atoms with Crippen LogP contribution < -0.4 is 37.5 Å². The largest absolute Gasteiger partial charge is 0.398 e. The Kier molecular flexibility index (Phi) is 24.2. The second-order valence-electron chi connectivity index (χ2n) is 21.7. The molecule has 3 heterocycles. The van der Waals surface area contributed by atoms with Crippen molar-refractivity contribution in [1.82, 2.24) is 24.9 Å². The molecule has 0 saturated carbocycles. The molecule has 0 radical (unpaired) electrons. The van der Waals surface area contributed by atoms with E-state index in [1.807, 2.05) is 137 Å². The Morgan fingerprint density at radius 1 is 0.730 bits per heavy atom. The quantitative estimate of drug-likeness (QED) is 0.00706. The van der Waals surface area contributed by atoms with Crippen LogP contribution in [0.2, 0.25) is 0 Å². The number of anilines is 2. The van der Waals surface area contributed by atoms with E-state index in [-0.39, 0.29) is 117 Å². The summed E-state index contributed by atoms with van der Waals surface area (Å²) in [5, 5.41) is 9.27. The lowest BCUT2D eigenvalue weighted by Crippen LogP contribution is -2.45. The number of pyridine rings is 1. The number of nitrogen functional groups attached to an aromatic ring is 1. The highest BCUT2D eigenvalue weighted by Crippen LogP contribution is 2.36. The van der Waals surface area contributed by atoms with Gasteiger partial charge in [0.2, 0.25) is 23.1 Å². The number of primary amides is 1. The topological polar surface area (TPSA) is 269 Å². The summed E-state index contributed by atoms with van der Waals surface area (Å²) in [6, 6.07) is 38.1. The van der Waals surface area contributed by atoms with Crippen LogP contribution in [0, 0.1) is 33.1 Å². The number of aryl methyl sites for hydroxylation is 2. The molecule has 7 aromatic rings. The number of urea groups is 1. The van der Waals surface area contributed by atoms with Gasteiger partial charge in [0.05, 0.1) is 69.3 Å². The van der Waals surface area contributed by atoms with Gasteiger partial charge in [0.25, 0.3) is 17.4 Å². The average molecular weight is 1340 g/mol. The number of hydrogen-bond acceptors (Lipinski definition) is 12. The Morgan fingerprint density at radius 2 is 1.36 bits per heavy atom. The maximum absolute atomic E-state index is 14.8. The minimum absolute atomic E-state index is 0. The van der Waals surface area contributed by atoms with Gasteiger partial charge in [-0.3, -0.25) is 43.1 Å². The summed E-state index contributed by atoms with van der Waals surface area (Å²) in [4.78, 5) is 107. The van der Waals surface area contributed by atoms with E-state index in [1.165, 1.54) is 4.68 Å². The number of ether oxygens (including phenoxy) is 3. The number of hydrogen-bond donors (Lipinski definition) is 5. The van der Waals surface area contributed by atoms with Crippen LogP contribution in [-0.2, 0) is 51.8 Å². The zero-order chi connectivity index (χ0) is 63.2. The van der Waals surface area contributed by atoms with Crippen molar-refractivity contribution in [2.45, 2.75) is 66.0 Å². The third-order valence-electron chi connectivity index (χ3n) is 15.3. The van der Waals surface area contributed by atoms with Crippen molar-refractivity contribution >= 4 is 95.4 Å². The Balaban J connectivity index is 0.0000113. The maximum atomic E-state index is 14.8. The fourth-order valence-electron chi connectivity index (χ4n) is 10.7. The number of Topliss-reactive ketones (excluding diaryl/α,β-unsaturated/α-hetero) is 1. The third kappa shape index (κ3) is 16.7. The molecule has 1 aliphatic heterocycles. The molecule has 89 heavy (non-hydrogen) atoms. The number of benzene rings is 5. The number of nitrogens with two attached hydrogens (primary N) is 2. The van der Waals surface area contributed by atoms with Crippen molar-refractivity contribution in [3.63, 3.8) is 0 Å². The number of aromatic nitrogens is 3. The predicted octanol–water partition coefficient (Wildman–Crippen LogP) is 8.79. The van der Waals surface area contributed by atoms with Gasteiger partial charge in [-0.1, -0.05) is 80.6 Å². The van der Waals surface area contributed by atoms with Gasteiger partial charge in [0, 0.05) is 84.7 Å². The summed E-state index contributed by atoms with van der Waals surface area (Å²) in [5.74, 6) is -3.54. The van der Waals surface area contributed by atoms with Crippen molar-refractivity contribution in [2.24, 2.45) is 24.6 Å². The minimum atomic E-state index is -0.877. The Hall–Kier alpha value is -8.41. The second kappa shape index (κ2) is 31.7. The van der Waals surface area contributed by atoms with Gasteiger partial charge in [-0.2, -0.15) is 4.57 Å². The molecule has 0 fully saturated rings. The molecule has 0 bridgehead atoms. The number of carbonyl (C=O) groups excluding carboxylic acids is 7. The number of halogens is 2. The fraction of sp³-hybridized carbons (Fsp3) is 0.313. The number of ketones is 2. The van der Waals surface area contributed by atoms with Gasteiger partial charge in [0.1, 0.15) is 14.5 Å². The van der Waals surface area contributed by atoms with Crippen LogP contribution in [0.15, 0.2) is 141 Å². The SMILES string of the molecule is Cc1ccc(C(=O)c2c(-c3ccccc3)n(C)n(-c3ccccc3)c2=O)c(N)c1-c1ccc2c(ccc(C)[n+]2Cc2ccc(NC(=O)[C@H](CCCNC(N)=O)CC(=O)[C@@H](NC(=O)CCOCCOCCOCCN3C(=O)C(Br)=C(Br)C3=O)C(C)C)cc2)c1.[CH3-]. The molecule has 468 valence electrons. The van der Waals surface area contributed by atoms with Crippen LogP contribution in [0.5, 0.6) is 0 Å². The number of nitrogens with one attached hydrogen (secondary N) is 3. The van der Waals surface area contributed by atoms with Crippen molar-refractivity contribution < 1.29 is 52.3 Å². The zero-order valence-corrected chi connectivity index (χ0v) is 53.9. The van der Waals surface area contributed by atoms with Gasteiger partial charge in [0.15, 0.2) is 18.0 Å². The highest BCUT2D eigenvalue weighted by Gasteiger charge is 2.36. The lowest BCUT2D eigenvalue weighted by molar-refractivity contribution is -0.668. The van der Waals surface area contributed by atoms with E-state index < -0.39 is 53.0 Å². The fourth-order valence-corrected chi connectivity index (χ4v) is 11.4. The number of fused-ring (bicyclic) bond motifs is 1. The minimum Gasteiger partial charge on any atom is -0.398 e. The summed E-state index contributed by atoms with van der Waals surface area (Å²) < 4.78 is 22.3. The van der Waals surface area contributed by atoms with Crippen LogP contribution >= 0.6 is 31.9 Å². The monoisotopic (exact) mass is 1340 g/mol. The normalized spacial score (nSPS) is 13.0. The molecule has 7 N–H and O–H groups in total. The number of amides is 6. The number of para-hydroxylation sites is 1. The highest BCUT2D eigenvalue weighted by molar-refractivity contribution is 9.14. The van der Waals surface area contributed by atoms with E-state index >= 15 is 0 Å². The van der Waals surface area contributed by atoms with Crippen LogP contribution in [0.3, 0.4) is 0 Å². The summed E-state index contributed by atoms with van der Waals surface area (Å²) in [7, 11) is 1.77. The first kappa shape index (κ1) is 68.1. The Labute approximate surface area is 534 Å². The molecule has 20 nitrogen and oxygen atoms in total. The Bertz CT molecular complexity index is 3810. The lowest BCUT2D eigenvalue weighted by Gasteiger charge is -2.24. The molecular weight excluding hydrogens is 1270 g/mol. The first-order valence-electron chi connectivity index (χ1n) is 29.0. The smallest absolute Gasteiger partial charge is 0.312 e. The van der Waals surface area contributed by atoms with E-state index in [4.69, 9.17) is 25.7 Å². The summed E-state index contributed by atoms with van der Waals surface area (Å²) in [6.45, 7) is 9.51. The van der Waals surface area contributed by atoms with Crippen LogP contribution in [0.1, 0.15) is 72.3 Å². The first-order valence-corrected chi connectivity index (χ1v) is 30.5. The van der Waals surface area contributed by atoms with Crippen LogP contribution in [0.4, 0.5) is 16.2 Å². The van der Waals surface area contributed by atoms with Crippen LogP contribution in [0.25, 0.3) is 39.0 Å². The molecule has 2 aromatic heterocycles. The molecule has 8 rings (SSSR count). The van der Waals surface area contributed by atoms with Gasteiger partial charge in [-0.25, -0.2) is 9.48 Å². The molecule has 5 aromatic carbocycles. The van der Waals surface area contributed by atoms with Gasteiger partial charge >= 0.3 is 6.03 Å². The Morgan fingerprint density at radius 3 is 2.00 bits per heavy atom. The van der Waals surface area contributed by atoms with Gasteiger partial charge in [-0.15, -0.1) is 0 Å². The predicted molar refractivity (Wildman–Crippen MR) is 349 cm³/mol. The molecule has 0 saturated heterocycles. The number of carbonyl (C=O) groups is 7. The molecule has 22 heteroatoms. The van der Waals surface area contributed by atoms with Gasteiger partial charge in [-0.05, 0) is 117 Å². The third-order valence-corrected chi connectivity index (χ3v) is 17.3.